The number of hydrogen-bond donors (Lipinski definition) is 0. The summed E-state index contributed by atoms with van der Waals surface area (Å²) in [7, 11) is -0.874. The number of alkyl halides is 3. The molecule has 1 fully saturated rings. The summed E-state index contributed by atoms with van der Waals surface area (Å²) in [6, 6.07) is 9.53. The van der Waals surface area contributed by atoms with Crippen molar-refractivity contribution in [2.45, 2.75) is 17.5 Å². The number of thiazole rings is 1. The maximum absolute atomic E-state index is 13.0. The van der Waals surface area contributed by atoms with Gasteiger partial charge >= 0.3 is 6.18 Å². The van der Waals surface area contributed by atoms with Gasteiger partial charge in [0.15, 0.2) is 16.6 Å². The zero-order chi connectivity index (χ0) is 25.2. The first-order valence-electron chi connectivity index (χ1n) is 10.7. The van der Waals surface area contributed by atoms with Crippen molar-refractivity contribution in [1.82, 2.24) is 9.29 Å². The first-order chi connectivity index (χ1) is 16.6. The van der Waals surface area contributed by atoms with Crippen LogP contribution in [0.4, 0.5) is 18.3 Å². The van der Waals surface area contributed by atoms with E-state index in [9.17, 15) is 21.6 Å². The van der Waals surface area contributed by atoms with E-state index in [1.165, 1.54) is 21.7 Å². The minimum atomic E-state index is -4.61. The minimum Gasteiger partial charge on any atom is -0.493 e. The van der Waals surface area contributed by atoms with Crippen LogP contribution in [0, 0.1) is 0 Å². The van der Waals surface area contributed by atoms with Crippen LogP contribution in [0.2, 0.25) is 0 Å². The summed E-state index contributed by atoms with van der Waals surface area (Å²) in [5, 5.41) is 2.73. The third-order valence-corrected chi connectivity index (χ3v) is 8.53. The van der Waals surface area contributed by atoms with Crippen LogP contribution in [0.25, 0.3) is 0 Å². The molecule has 0 amide bonds. The molecule has 2 aromatic carbocycles. The molecule has 0 spiro atoms. The van der Waals surface area contributed by atoms with Gasteiger partial charge in [-0.15, -0.1) is 11.3 Å². The van der Waals surface area contributed by atoms with Crippen molar-refractivity contribution < 1.29 is 31.1 Å². The van der Waals surface area contributed by atoms with Crippen LogP contribution < -0.4 is 14.4 Å². The second-order valence-electron chi connectivity index (χ2n) is 7.90. The number of halogens is 3. The highest BCUT2D eigenvalue weighted by molar-refractivity contribution is 7.89. The molecule has 1 aromatic heterocycles. The second kappa shape index (κ2) is 10.0. The number of benzene rings is 2. The molecule has 0 saturated carbocycles. The molecule has 0 aliphatic carbocycles. The number of methoxy groups -OCH3 is 2. The number of nitrogens with zero attached hydrogens (tertiary/aromatic N) is 3. The predicted octanol–water partition coefficient (Wildman–Crippen LogP) is 4.28. The summed E-state index contributed by atoms with van der Waals surface area (Å²) < 4.78 is 76.7. The molecular formula is C23H24F3N3O4S2. The van der Waals surface area contributed by atoms with Crippen LogP contribution in [0.3, 0.4) is 0 Å². The third-order valence-electron chi connectivity index (χ3n) is 5.68. The van der Waals surface area contributed by atoms with E-state index in [2.05, 4.69) is 0 Å². The van der Waals surface area contributed by atoms with Crippen molar-refractivity contribution >= 4 is 26.5 Å². The van der Waals surface area contributed by atoms with Gasteiger partial charge in [-0.25, -0.2) is 13.4 Å². The summed E-state index contributed by atoms with van der Waals surface area (Å²) in [6.45, 7) is 1.09. The van der Waals surface area contributed by atoms with Gasteiger partial charge < -0.3 is 14.4 Å². The Balaban J connectivity index is 1.41. The molecule has 0 radical (unpaired) electrons. The quantitative estimate of drug-likeness (QED) is 0.457. The number of sulfonamides is 1. The number of hydrogen-bond acceptors (Lipinski definition) is 7. The Morgan fingerprint density at radius 2 is 1.71 bits per heavy atom. The Morgan fingerprint density at radius 3 is 2.37 bits per heavy atom. The molecule has 12 heteroatoms. The molecule has 188 valence electrons. The number of piperazine rings is 1. The van der Waals surface area contributed by atoms with Crippen LogP contribution in [0.15, 0.2) is 52.7 Å². The molecule has 4 rings (SSSR count). The first-order valence-corrected chi connectivity index (χ1v) is 13.0. The van der Waals surface area contributed by atoms with Crippen LogP contribution in [0.5, 0.6) is 11.5 Å². The Morgan fingerprint density at radius 1 is 1.00 bits per heavy atom. The molecule has 1 aliphatic heterocycles. The molecule has 0 N–H and O–H groups in total. The summed E-state index contributed by atoms with van der Waals surface area (Å²) >= 11 is 1.47. The van der Waals surface area contributed by atoms with Crippen molar-refractivity contribution in [2.75, 3.05) is 45.3 Å². The zero-order valence-corrected chi connectivity index (χ0v) is 20.7. The molecule has 1 aliphatic rings. The van der Waals surface area contributed by atoms with Crippen LogP contribution in [-0.4, -0.2) is 58.1 Å². The summed E-state index contributed by atoms with van der Waals surface area (Å²) in [5.74, 6) is 1.28. The zero-order valence-electron chi connectivity index (χ0n) is 19.1. The first kappa shape index (κ1) is 25.3. The molecule has 2 heterocycles. The van der Waals surface area contributed by atoms with E-state index in [1.54, 1.807) is 14.2 Å². The maximum atomic E-state index is 13.0. The molecule has 0 atom stereocenters. The van der Waals surface area contributed by atoms with Crippen molar-refractivity contribution in [1.29, 1.82) is 0 Å². The van der Waals surface area contributed by atoms with Crippen molar-refractivity contribution in [3.05, 3.63) is 64.7 Å². The Labute approximate surface area is 205 Å². The van der Waals surface area contributed by atoms with E-state index >= 15 is 0 Å². The lowest BCUT2D eigenvalue weighted by Gasteiger charge is -2.33. The number of ether oxygens (including phenoxy) is 2. The monoisotopic (exact) mass is 527 g/mol. The van der Waals surface area contributed by atoms with Gasteiger partial charge in [0.1, 0.15) is 0 Å². The lowest BCUT2D eigenvalue weighted by molar-refractivity contribution is -0.137. The van der Waals surface area contributed by atoms with E-state index in [4.69, 9.17) is 14.5 Å². The SMILES string of the molecule is COc1ccc(Cc2csc(N3CCN(S(=O)(=O)c4cccc(C(F)(F)F)c4)CC3)n2)cc1OC. The summed E-state index contributed by atoms with van der Waals surface area (Å²) in [6.07, 6.45) is -4.01. The molecule has 0 bridgehead atoms. The summed E-state index contributed by atoms with van der Waals surface area (Å²) in [4.78, 5) is 6.32. The third kappa shape index (κ3) is 5.54. The van der Waals surface area contributed by atoms with Gasteiger partial charge in [0.25, 0.3) is 0 Å². The molecule has 35 heavy (non-hydrogen) atoms. The largest absolute Gasteiger partial charge is 0.493 e. The van der Waals surface area contributed by atoms with Crippen molar-refractivity contribution in [3.63, 3.8) is 0 Å². The van der Waals surface area contributed by atoms with Gasteiger partial charge in [0.05, 0.1) is 30.4 Å². The standard InChI is InChI=1S/C23H24F3N3O4S2/c1-32-20-7-6-16(13-21(20)33-2)12-18-15-34-22(27-18)28-8-10-29(11-9-28)35(30,31)19-5-3-4-17(14-19)23(24,25)26/h3-7,13-15H,8-12H2,1-2H3. The van der Waals surface area contributed by atoms with Gasteiger partial charge in [-0.2, -0.15) is 17.5 Å². The summed E-state index contributed by atoms with van der Waals surface area (Å²) in [5.41, 5.74) is 0.898. The minimum absolute atomic E-state index is 0.156. The van der Waals surface area contributed by atoms with Crippen molar-refractivity contribution in [3.8, 4) is 11.5 Å². The van der Waals surface area contributed by atoms with Crippen LogP contribution >= 0.6 is 11.3 Å². The molecule has 7 nitrogen and oxygen atoms in total. The average Bonchev–Trinajstić information content (AvgIpc) is 3.32. The molecule has 1 saturated heterocycles. The number of aromatic nitrogens is 1. The van der Waals surface area contributed by atoms with E-state index < -0.39 is 21.8 Å². The number of rotatable bonds is 7. The predicted molar refractivity (Wildman–Crippen MR) is 127 cm³/mol. The smallest absolute Gasteiger partial charge is 0.416 e. The van der Waals surface area contributed by atoms with E-state index in [0.717, 1.165) is 28.5 Å². The Hall–Kier alpha value is -2.83. The highest BCUT2D eigenvalue weighted by atomic mass is 32.2. The van der Waals surface area contributed by atoms with E-state index in [1.807, 2.05) is 28.5 Å². The van der Waals surface area contributed by atoms with Crippen LogP contribution in [-0.2, 0) is 22.6 Å². The van der Waals surface area contributed by atoms with Gasteiger partial charge in [-0.05, 0) is 35.9 Å². The normalized spacial score (nSPS) is 15.3. The second-order valence-corrected chi connectivity index (χ2v) is 10.7. The molecular weight excluding hydrogens is 503 g/mol. The fourth-order valence-corrected chi connectivity index (χ4v) is 6.17. The van der Waals surface area contributed by atoms with Crippen molar-refractivity contribution in [2.24, 2.45) is 0 Å². The number of anilines is 1. The van der Waals surface area contributed by atoms with Gasteiger partial charge in [-0.1, -0.05) is 12.1 Å². The fourth-order valence-electron chi connectivity index (χ4n) is 3.82. The van der Waals surface area contributed by atoms with Crippen LogP contribution in [0.1, 0.15) is 16.8 Å². The van der Waals surface area contributed by atoms with Gasteiger partial charge in [0, 0.05) is 38.0 Å². The average molecular weight is 528 g/mol. The molecule has 3 aromatic rings. The van der Waals surface area contributed by atoms with Gasteiger partial charge in [-0.3, -0.25) is 0 Å². The Bertz CT molecular complexity index is 1290. The highest BCUT2D eigenvalue weighted by Crippen LogP contribution is 2.32. The Kier molecular flexibility index (Phi) is 7.25. The maximum Gasteiger partial charge on any atom is 0.416 e. The van der Waals surface area contributed by atoms with Gasteiger partial charge in [0.2, 0.25) is 10.0 Å². The van der Waals surface area contributed by atoms with E-state index in [-0.39, 0.29) is 18.0 Å². The van der Waals surface area contributed by atoms with E-state index in [0.29, 0.717) is 37.1 Å². The lowest BCUT2D eigenvalue weighted by Crippen LogP contribution is -2.48. The fraction of sp³-hybridized carbons (Fsp3) is 0.348. The topological polar surface area (TPSA) is 72.0 Å². The highest BCUT2D eigenvalue weighted by Gasteiger charge is 2.34. The lowest BCUT2D eigenvalue weighted by atomic mass is 10.1. The molecule has 0 unspecified atom stereocenters.